The van der Waals surface area contributed by atoms with E-state index in [0.29, 0.717) is 0 Å². The second-order valence-electron chi connectivity index (χ2n) is 3.60. The maximum Gasteiger partial charge on any atom is 1.00 e. The first-order chi connectivity index (χ1) is 8.21. The number of halogens is 4. The van der Waals surface area contributed by atoms with E-state index in [1.54, 1.807) is 0 Å². The van der Waals surface area contributed by atoms with Crippen LogP contribution >= 0.6 is 15.9 Å². The summed E-state index contributed by atoms with van der Waals surface area (Å²) in [4.78, 5) is 14.2. The number of carbonyl (C=O) groups is 1. The number of aryl methyl sites for hydroxylation is 1. The van der Waals surface area contributed by atoms with Crippen molar-refractivity contribution in [3.05, 3.63) is 28.0 Å². The molecule has 0 atom stereocenters. The zero-order valence-corrected chi connectivity index (χ0v) is 13.5. The minimum atomic E-state index is -4.61. The van der Waals surface area contributed by atoms with Gasteiger partial charge in [0, 0.05) is 11.5 Å². The molecule has 2 rings (SSSR count). The molecule has 9 heteroatoms. The topological polar surface area (TPSA) is 58.0 Å². The Morgan fingerprint density at radius 2 is 2.00 bits per heavy atom. The number of carboxylic acids is 1. The molecule has 0 radical (unpaired) electrons. The molecule has 0 aliphatic carbocycles. The summed E-state index contributed by atoms with van der Waals surface area (Å²) in [6.07, 6.45) is -4.61. The van der Waals surface area contributed by atoms with Gasteiger partial charge in [-0.1, -0.05) is 15.9 Å². The molecule has 0 unspecified atom stereocenters. The SMILES string of the molecule is Cn1c(C(=O)[O-])nc2c(C(F)(F)F)cc(Br)cc21.[Na+]. The molecule has 0 aliphatic rings. The van der Waals surface area contributed by atoms with E-state index in [0.717, 1.165) is 10.6 Å². The third-order valence-electron chi connectivity index (χ3n) is 2.44. The molecule has 19 heavy (non-hydrogen) atoms. The van der Waals surface area contributed by atoms with Crippen molar-refractivity contribution in [3.63, 3.8) is 0 Å². The van der Waals surface area contributed by atoms with Crippen molar-refractivity contribution in [2.75, 3.05) is 0 Å². The van der Waals surface area contributed by atoms with Gasteiger partial charge in [-0.05, 0) is 12.1 Å². The van der Waals surface area contributed by atoms with Gasteiger partial charge in [-0.25, -0.2) is 4.98 Å². The molecule has 0 N–H and O–H groups in total. The summed E-state index contributed by atoms with van der Waals surface area (Å²) in [5.74, 6) is -2.17. The molecule has 0 bridgehead atoms. The van der Waals surface area contributed by atoms with Crippen LogP contribution in [0.25, 0.3) is 11.0 Å². The number of aromatic carboxylic acids is 1. The minimum absolute atomic E-state index is 0. The standard InChI is InChI=1S/C10H6BrF3N2O2.Na/c1-16-6-3-4(11)2-5(10(12,13)14)7(6)15-8(16)9(17)18;/h2-3H,1H3,(H,17,18);/q;+1/p-1. The number of carboxylic acid groups (broad SMARTS) is 1. The van der Waals surface area contributed by atoms with Crippen LogP contribution in [0.15, 0.2) is 16.6 Å². The Hall–Kier alpha value is -0.570. The predicted molar refractivity (Wildman–Crippen MR) is 57.7 cm³/mol. The van der Waals surface area contributed by atoms with Gasteiger partial charge in [0.1, 0.15) is 11.5 Å². The summed E-state index contributed by atoms with van der Waals surface area (Å²) in [5, 5.41) is 10.7. The van der Waals surface area contributed by atoms with Crippen LogP contribution in [-0.2, 0) is 13.2 Å². The molecule has 4 nitrogen and oxygen atoms in total. The molecule has 96 valence electrons. The first-order valence-electron chi connectivity index (χ1n) is 4.66. The van der Waals surface area contributed by atoms with Gasteiger partial charge in [0.25, 0.3) is 0 Å². The van der Waals surface area contributed by atoms with Crippen LogP contribution in [0.3, 0.4) is 0 Å². The molecule has 0 aliphatic heterocycles. The van der Waals surface area contributed by atoms with Crippen LogP contribution in [-0.4, -0.2) is 15.5 Å². The van der Waals surface area contributed by atoms with Gasteiger partial charge in [0.15, 0.2) is 5.82 Å². The second kappa shape index (κ2) is 5.43. The van der Waals surface area contributed by atoms with Crippen molar-refractivity contribution in [2.24, 2.45) is 7.05 Å². The van der Waals surface area contributed by atoms with Gasteiger partial charge in [0.2, 0.25) is 0 Å². The van der Waals surface area contributed by atoms with Crippen molar-refractivity contribution in [2.45, 2.75) is 6.18 Å². The maximum absolute atomic E-state index is 12.8. The van der Waals surface area contributed by atoms with Crippen molar-refractivity contribution in [1.82, 2.24) is 9.55 Å². The van der Waals surface area contributed by atoms with Crippen LogP contribution in [0.4, 0.5) is 13.2 Å². The number of imidazole rings is 1. The fourth-order valence-electron chi connectivity index (χ4n) is 1.65. The number of rotatable bonds is 1. The van der Waals surface area contributed by atoms with E-state index in [-0.39, 0.29) is 39.5 Å². The zero-order valence-electron chi connectivity index (χ0n) is 9.88. The second-order valence-corrected chi connectivity index (χ2v) is 4.52. The number of nitrogens with zero attached hydrogens (tertiary/aromatic N) is 2. The summed E-state index contributed by atoms with van der Waals surface area (Å²) in [7, 11) is 1.31. The van der Waals surface area contributed by atoms with E-state index >= 15 is 0 Å². The average Bonchev–Trinajstić information content (AvgIpc) is 2.54. The third kappa shape index (κ3) is 2.96. The van der Waals surface area contributed by atoms with Crippen molar-refractivity contribution < 1.29 is 52.6 Å². The predicted octanol–water partition coefficient (Wildman–Crippen LogP) is -1.28. The Balaban J connectivity index is 0.00000180. The molecule has 1 heterocycles. The Morgan fingerprint density at radius 3 is 2.47 bits per heavy atom. The van der Waals surface area contributed by atoms with Gasteiger partial charge >= 0.3 is 35.7 Å². The Bertz CT molecular complexity index is 654. The van der Waals surface area contributed by atoms with Crippen LogP contribution in [0.1, 0.15) is 16.2 Å². The van der Waals surface area contributed by atoms with E-state index < -0.39 is 29.1 Å². The normalized spacial score (nSPS) is 11.4. The summed E-state index contributed by atoms with van der Waals surface area (Å²) in [5.41, 5.74) is -1.33. The summed E-state index contributed by atoms with van der Waals surface area (Å²) in [6.45, 7) is 0. The van der Waals surface area contributed by atoms with Crippen LogP contribution in [0, 0.1) is 0 Å². The van der Waals surface area contributed by atoms with Gasteiger partial charge in [-0.3, -0.25) is 0 Å². The number of hydrogen-bond donors (Lipinski definition) is 0. The summed E-state index contributed by atoms with van der Waals surface area (Å²) in [6, 6.07) is 2.22. The van der Waals surface area contributed by atoms with Crippen LogP contribution in [0.2, 0.25) is 0 Å². The molecule has 1 aromatic heterocycles. The Morgan fingerprint density at radius 1 is 1.42 bits per heavy atom. The molecular weight excluding hydrogens is 340 g/mol. The quantitative estimate of drug-likeness (QED) is 0.606. The molecule has 0 saturated carbocycles. The van der Waals surface area contributed by atoms with Crippen LogP contribution < -0.4 is 34.7 Å². The van der Waals surface area contributed by atoms with Crippen LogP contribution in [0.5, 0.6) is 0 Å². The van der Waals surface area contributed by atoms with Gasteiger partial charge in [-0.2, -0.15) is 13.2 Å². The van der Waals surface area contributed by atoms with E-state index in [1.807, 2.05) is 0 Å². The number of hydrogen-bond acceptors (Lipinski definition) is 3. The molecule has 1 aromatic carbocycles. The average molecular weight is 345 g/mol. The van der Waals surface area contributed by atoms with E-state index in [4.69, 9.17) is 0 Å². The van der Waals surface area contributed by atoms with E-state index in [9.17, 15) is 23.1 Å². The maximum atomic E-state index is 12.8. The first-order valence-corrected chi connectivity index (χ1v) is 5.45. The largest absolute Gasteiger partial charge is 1.00 e. The van der Waals surface area contributed by atoms with Gasteiger partial charge < -0.3 is 14.5 Å². The molecule has 0 fully saturated rings. The summed E-state index contributed by atoms with van der Waals surface area (Å²) < 4.78 is 39.7. The minimum Gasteiger partial charge on any atom is -0.542 e. The number of alkyl halides is 3. The Labute approximate surface area is 136 Å². The monoisotopic (exact) mass is 344 g/mol. The fourth-order valence-corrected chi connectivity index (χ4v) is 2.10. The molecular formula is C10H5BrF3N2NaO2. The third-order valence-corrected chi connectivity index (χ3v) is 2.90. The molecule has 2 aromatic rings. The number of carbonyl (C=O) groups excluding carboxylic acids is 1. The molecule has 0 spiro atoms. The number of fused-ring (bicyclic) bond motifs is 1. The summed E-state index contributed by atoms with van der Waals surface area (Å²) >= 11 is 2.95. The van der Waals surface area contributed by atoms with Crippen molar-refractivity contribution in [1.29, 1.82) is 0 Å². The van der Waals surface area contributed by atoms with Gasteiger partial charge in [0.05, 0.1) is 11.1 Å². The molecule has 0 amide bonds. The van der Waals surface area contributed by atoms with Crippen molar-refractivity contribution in [3.8, 4) is 0 Å². The number of aromatic nitrogens is 2. The van der Waals surface area contributed by atoms with Crippen molar-refractivity contribution >= 4 is 32.9 Å². The number of benzene rings is 1. The Kier molecular flexibility index (Phi) is 4.71. The van der Waals surface area contributed by atoms with E-state index in [2.05, 4.69) is 20.9 Å². The fraction of sp³-hybridized carbons (Fsp3) is 0.200. The van der Waals surface area contributed by atoms with E-state index in [1.165, 1.54) is 13.1 Å². The van der Waals surface area contributed by atoms with Gasteiger partial charge in [-0.15, -0.1) is 0 Å². The first kappa shape index (κ1) is 16.5. The smallest absolute Gasteiger partial charge is 0.542 e. The molecule has 0 saturated heterocycles. The zero-order chi connectivity index (χ0) is 13.7.